The highest BCUT2D eigenvalue weighted by atomic mass is 28.4. The summed E-state index contributed by atoms with van der Waals surface area (Å²) < 4.78 is 34.1. The smallest absolute Gasteiger partial charge is 0.261 e. The first-order valence-electron chi connectivity index (χ1n) is 11.2. The van der Waals surface area contributed by atoms with Gasteiger partial charge in [0.15, 0.2) is 17.6 Å². The zero-order valence-corrected chi connectivity index (χ0v) is 20.7. The molecule has 2 aromatic carbocycles. The second kappa shape index (κ2) is 7.87. The van der Waals surface area contributed by atoms with Crippen molar-refractivity contribution in [3.63, 3.8) is 0 Å². The number of halogens is 1. The van der Waals surface area contributed by atoms with Crippen LogP contribution in [0.5, 0.6) is 0 Å². The molecule has 0 bridgehead atoms. The molecule has 32 heavy (non-hydrogen) atoms. The van der Waals surface area contributed by atoms with Crippen LogP contribution in [0.1, 0.15) is 41.5 Å². The monoisotopic (exact) mass is 456 g/mol. The number of ether oxygens (including phenoxy) is 2. The molecular weight excluding hydrogens is 423 g/mol. The zero-order chi connectivity index (χ0) is 23.4. The molecule has 1 aliphatic carbocycles. The number of benzene rings is 2. The first-order chi connectivity index (χ1) is 14.9. The van der Waals surface area contributed by atoms with Gasteiger partial charge in [-0.2, -0.15) is 0 Å². The lowest BCUT2D eigenvalue weighted by molar-refractivity contribution is -0.180. The minimum atomic E-state index is -2.85. The molecule has 0 radical (unpaired) electrons. The van der Waals surface area contributed by atoms with Crippen LogP contribution in [-0.4, -0.2) is 44.4 Å². The molecule has 1 saturated carbocycles. The van der Waals surface area contributed by atoms with Crippen molar-refractivity contribution in [1.82, 2.24) is 0 Å². The third-order valence-corrected chi connectivity index (χ3v) is 11.8. The molecule has 4 atom stereocenters. The highest BCUT2D eigenvalue weighted by Crippen LogP contribution is 2.49. The zero-order valence-electron chi connectivity index (χ0n) is 19.7. The molecule has 0 amide bonds. The SMILES string of the molecule is CC1(C)O[C@@H]2C(CO[Si](c3ccccc3)(c3ccccc3)C(C)(C)C)C(F)C(=O)[C@]2(C)O1. The average molecular weight is 457 g/mol. The normalized spacial score (nSPS) is 29.8. The number of fused-ring (bicyclic) bond motifs is 1. The Morgan fingerprint density at radius 2 is 1.47 bits per heavy atom. The van der Waals surface area contributed by atoms with E-state index < -0.39 is 43.7 Å². The summed E-state index contributed by atoms with van der Waals surface area (Å²) in [6, 6.07) is 20.4. The number of rotatable bonds is 5. The molecule has 2 aliphatic rings. The van der Waals surface area contributed by atoms with Crippen molar-refractivity contribution >= 4 is 24.5 Å². The van der Waals surface area contributed by atoms with E-state index >= 15 is 4.39 Å². The Kier molecular flexibility index (Phi) is 5.73. The van der Waals surface area contributed by atoms with Crippen LogP contribution in [0.4, 0.5) is 4.39 Å². The largest absolute Gasteiger partial charge is 0.407 e. The Morgan fingerprint density at radius 3 is 1.94 bits per heavy atom. The molecule has 172 valence electrons. The molecule has 2 aromatic rings. The van der Waals surface area contributed by atoms with Crippen molar-refractivity contribution in [2.24, 2.45) is 5.92 Å². The van der Waals surface area contributed by atoms with E-state index in [1.807, 2.05) is 36.4 Å². The van der Waals surface area contributed by atoms with E-state index in [1.54, 1.807) is 20.8 Å². The van der Waals surface area contributed by atoms with Crippen molar-refractivity contribution < 1.29 is 23.1 Å². The fourth-order valence-corrected chi connectivity index (χ4v) is 10.1. The van der Waals surface area contributed by atoms with E-state index in [4.69, 9.17) is 13.9 Å². The molecular formula is C26H33FO4Si. The maximum absolute atomic E-state index is 15.3. The van der Waals surface area contributed by atoms with Crippen LogP contribution in [0, 0.1) is 5.92 Å². The van der Waals surface area contributed by atoms with E-state index in [1.165, 1.54) is 0 Å². The van der Waals surface area contributed by atoms with Crippen molar-refractivity contribution in [2.75, 3.05) is 6.61 Å². The maximum Gasteiger partial charge on any atom is 0.261 e. The van der Waals surface area contributed by atoms with Gasteiger partial charge < -0.3 is 13.9 Å². The molecule has 4 rings (SSSR count). The molecule has 1 aliphatic heterocycles. The van der Waals surface area contributed by atoms with Crippen LogP contribution >= 0.6 is 0 Å². The lowest BCUT2D eigenvalue weighted by atomic mass is 9.99. The van der Waals surface area contributed by atoms with Gasteiger partial charge in [-0.15, -0.1) is 0 Å². The Bertz CT molecular complexity index is 933. The summed E-state index contributed by atoms with van der Waals surface area (Å²) in [7, 11) is -2.85. The van der Waals surface area contributed by atoms with Crippen LogP contribution in [0.2, 0.25) is 5.04 Å². The van der Waals surface area contributed by atoms with Gasteiger partial charge in [0.05, 0.1) is 0 Å². The molecule has 1 saturated heterocycles. The predicted octanol–water partition coefficient (Wildman–Crippen LogP) is 4.01. The number of hydrogen-bond acceptors (Lipinski definition) is 4. The fraction of sp³-hybridized carbons (Fsp3) is 0.500. The molecule has 2 unspecified atom stereocenters. The van der Waals surface area contributed by atoms with Crippen molar-refractivity contribution in [3.8, 4) is 0 Å². The Morgan fingerprint density at radius 1 is 0.969 bits per heavy atom. The third kappa shape index (κ3) is 3.57. The van der Waals surface area contributed by atoms with Gasteiger partial charge in [0.25, 0.3) is 8.32 Å². The van der Waals surface area contributed by atoms with E-state index in [2.05, 4.69) is 45.0 Å². The second-order valence-corrected chi connectivity index (χ2v) is 14.9. The van der Waals surface area contributed by atoms with Crippen molar-refractivity contribution in [1.29, 1.82) is 0 Å². The number of hydrogen-bond donors (Lipinski definition) is 0. The second-order valence-electron chi connectivity index (χ2n) is 10.6. The maximum atomic E-state index is 15.3. The third-order valence-electron chi connectivity index (χ3n) is 6.83. The predicted molar refractivity (Wildman–Crippen MR) is 125 cm³/mol. The molecule has 1 heterocycles. The lowest BCUT2D eigenvalue weighted by Crippen LogP contribution is -2.67. The number of carbonyl (C=O) groups is 1. The summed E-state index contributed by atoms with van der Waals surface area (Å²) in [4.78, 5) is 12.8. The number of alkyl halides is 1. The van der Waals surface area contributed by atoms with Gasteiger partial charge in [0, 0.05) is 12.5 Å². The number of carbonyl (C=O) groups excluding carboxylic acids is 1. The summed E-state index contributed by atoms with van der Waals surface area (Å²) in [6.45, 7) is 11.8. The van der Waals surface area contributed by atoms with Gasteiger partial charge in [-0.05, 0) is 36.2 Å². The van der Waals surface area contributed by atoms with E-state index in [0.717, 1.165) is 10.4 Å². The Balaban J connectivity index is 1.76. The minimum Gasteiger partial charge on any atom is -0.407 e. The van der Waals surface area contributed by atoms with Crippen LogP contribution in [0.3, 0.4) is 0 Å². The molecule has 6 heteroatoms. The lowest BCUT2D eigenvalue weighted by Gasteiger charge is -2.44. The fourth-order valence-electron chi connectivity index (χ4n) is 5.47. The highest BCUT2D eigenvalue weighted by molar-refractivity contribution is 6.99. The molecule has 2 fully saturated rings. The van der Waals surface area contributed by atoms with Gasteiger partial charge >= 0.3 is 0 Å². The molecule has 4 nitrogen and oxygen atoms in total. The summed E-state index contributed by atoms with van der Waals surface area (Å²) >= 11 is 0. The summed E-state index contributed by atoms with van der Waals surface area (Å²) in [5, 5.41) is 2.00. The van der Waals surface area contributed by atoms with Crippen LogP contribution in [0.25, 0.3) is 0 Å². The highest BCUT2D eigenvalue weighted by Gasteiger charge is 2.67. The molecule has 0 N–H and O–H groups in total. The first-order valence-corrected chi connectivity index (χ1v) is 13.1. The summed E-state index contributed by atoms with van der Waals surface area (Å²) in [5.74, 6) is -2.22. The van der Waals surface area contributed by atoms with Crippen molar-refractivity contribution in [3.05, 3.63) is 60.7 Å². The standard InChI is InChI=1S/C26H33FO4Si/c1-24(2,3)32(18-13-9-7-10-14-18,19-15-11-8-12-16-19)29-17-20-21(27)22(28)26(6)23(20)30-25(4,5)31-26/h7-16,20-21,23H,17H2,1-6H3/t20?,21?,23-,26+/m1/s1. The van der Waals surface area contributed by atoms with Gasteiger partial charge in [-0.3, -0.25) is 4.79 Å². The summed E-state index contributed by atoms with van der Waals surface area (Å²) in [6.07, 6.45) is -2.36. The van der Waals surface area contributed by atoms with Crippen molar-refractivity contribution in [2.45, 2.75) is 70.2 Å². The Labute approximate surface area is 191 Å². The van der Waals surface area contributed by atoms with Gasteiger partial charge in [0.2, 0.25) is 5.78 Å². The van der Waals surface area contributed by atoms with Gasteiger partial charge in [-0.25, -0.2) is 4.39 Å². The quantitative estimate of drug-likeness (QED) is 0.638. The van der Waals surface area contributed by atoms with Gasteiger partial charge in [-0.1, -0.05) is 81.4 Å². The van der Waals surface area contributed by atoms with Crippen LogP contribution in [-0.2, 0) is 18.7 Å². The number of Topliss-reactive ketones (excluding diaryl/α,β-unsaturated/α-hetero) is 1. The van der Waals surface area contributed by atoms with Crippen LogP contribution < -0.4 is 10.4 Å². The molecule has 0 spiro atoms. The minimum absolute atomic E-state index is 0.0832. The first kappa shape index (κ1) is 23.3. The van der Waals surface area contributed by atoms with Gasteiger partial charge in [0.1, 0.15) is 6.10 Å². The Hall–Kier alpha value is -1.86. The van der Waals surface area contributed by atoms with Crippen LogP contribution in [0.15, 0.2) is 60.7 Å². The molecule has 0 aromatic heterocycles. The van der Waals surface area contributed by atoms with E-state index in [0.29, 0.717) is 0 Å². The van der Waals surface area contributed by atoms with E-state index in [-0.39, 0.29) is 11.6 Å². The average Bonchev–Trinajstić information content (AvgIpc) is 3.08. The van der Waals surface area contributed by atoms with E-state index in [9.17, 15) is 4.79 Å². The summed E-state index contributed by atoms with van der Waals surface area (Å²) in [5.41, 5.74) is -1.29. The number of ketones is 1. The topological polar surface area (TPSA) is 44.8 Å².